The molecule has 0 spiro atoms. The third-order valence-corrected chi connectivity index (χ3v) is 3.36. The second kappa shape index (κ2) is 5.63. The number of hydrogen-bond acceptors (Lipinski definition) is 5. The average Bonchev–Trinajstić information content (AvgIpc) is 2.89. The number of esters is 1. The molecule has 5 nitrogen and oxygen atoms in total. The molecule has 0 aliphatic rings. The number of nitrogens with one attached hydrogen (secondary N) is 1. The number of aromatic nitrogens is 3. The summed E-state index contributed by atoms with van der Waals surface area (Å²) in [6, 6.07) is 5.69. The van der Waals surface area contributed by atoms with Crippen LogP contribution in [0.3, 0.4) is 0 Å². The van der Waals surface area contributed by atoms with E-state index in [0.717, 1.165) is 0 Å². The third-order valence-electron chi connectivity index (χ3n) is 2.22. The van der Waals surface area contributed by atoms with Crippen LogP contribution in [0.2, 0.25) is 0 Å². The van der Waals surface area contributed by atoms with Crippen molar-refractivity contribution in [2.75, 3.05) is 7.11 Å². The Morgan fingerprint density at radius 1 is 1.44 bits per heavy atom. The lowest BCUT2D eigenvalue weighted by Crippen LogP contribution is -2.11. The van der Waals surface area contributed by atoms with Crippen molar-refractivity contribution in [3.05, 3.63) is 41.8 Å². The number of carbonyl (C=O) groups excluding carboxylic acids is 1. The van der Waals surface area contributed by atoms with Crippen molar-refractivity contribution in [2.45, 2.75) is 10.3 Å². The van der Waals surface area contributed by atoms with Gasteiger partial charge in [-0.1, -0.05) is 23.9 Å². The highest BCUT2D eigenvalue weighted by atomic mass is 32.2. The molecule has 0 saturated heterocycles. The van der Waals surface area contributed by atoms with Crippen molar-refractivity contribution < 1.29 is 13.9 Å². The van der Waals surface area contributed by atoms with Crippen molar-refractivity contribution in [3.8, 4) is 0 Å². The highest BCUT2D eigenvalue weighted by molar-refractivity contribution is 8.00. The molecule has 0 amide bonds. The number of rotatable bonds is 4. The molecule has 0 aliphatic heterocycles. The minimum Gasteiger partial charge on any atom is -0.468 e. The normalized spacial score (nSPS) is 12.1. The number of methoxy groups -OCH3 is 1. The molecule has 0 aliphatic carbocycles. The molecular weight excluding hydrogens is 257 g/mol. The van der Waals surface area contributed by atoms with Crippen molar-refractivity contribution in [1.29, 1.82) is 0 Å². The van der Waals surface area contributed by atoms with Crippen LogP contribution >= 0.6 is 11.8 Å². The number of ether oxygens (including phenoxy) is 1. The molecule has 1 N–H and O–H groups in total. The lowest BCUT2D eigenvalue weighted by molar-refractivity contribution is -0.140. The fourth-order valence-corrected chi connectivity index (χ4v) is 2.30. The minimum atomic E-state index is -0.597. The van der Waals surface area contributed by atoms with Gasteiger partial charge in [0.15, 0.2) is 0 Å². The Labute approximate surface area is 107 Å². The Hall–Kier alpha value is -1.89. The van der Waals surface area contributed by atoms with E-state index in [9.17, 15) is 9.18 Å². The lowest BCUT2D eigenvalue weighted by atomic mass is 10.1. The summed E-state index contributed by atoms with van der Waals surface area (Å²) < 4.78 is 17.6. The molecule has 1 heterocycles. The molecule has 0 unspecified atom stereocenters. The monoisotopic (exact) mass is 267 g/mol. The number of carbonyl (C=O) groups is 1. The van der Waals surface area contributed by atoms with Crippen LogP contribution < -0.4 is 0 Å². The maximum atomic E-state index is 12.9. The molecule has 2 aromatic rings. The first-order valence-electron chi connectivity index (χ1n) is 5.06. The number of nitrogens with zero attached hydrogens (tertiary/aromatic N) is 2. The molecule has 18 heavy (non-hydrogen) atoms. The first-order valence-corrected chi connectivity index (χ1v) is 5.94. The maximum absolute atomic E-state index is 12.9. The zero-order chi connectivity index (χ0) is 13.0. The summed E-state index contributed by atoms with van der Waals surface area (Å²) in [6.07, 6.45) is 1.50. The van der Waals surface area contributed by atoms with Gasteiger partial charge in [0.05, 0.1) is 13.3 Å². The van der Waals surface area contributed by atoms with E-state index in [1.807, 2.05) is 0 Å². The van der Waals surface area contributed by atoms with Crippen LogP contribution in [0.25, 0.3) is 0 Å². The quantitative estimate of drug-likeness (QED) is 0.677. The fraction of sp³-hybridized carbons (Fsp3) is 0.182. The predicted octanol–water partition coefficient (Wildman–Crippen LogP) is 1.95. The molecule has 1 aromatic heterocycles. The van der Waals surface area contributed by atoms with Gasteiger partial charge in [-0.3, -0.25) is 4.79 Å². The highest BCUT2D eigenvalue weighted by Gasteiger charge is 2.23. The summed E-state index contributed by atoms with van der Waals surface area (Å²) >= 11 is 1.19. The van der Waals surface area contributed by atoms with Crippen LogP contribution in [-0.4, -0.2) is 28.5 Å². The van der Waals surface area contributed by atoms with Gasteiger partial charge in [-0.25, -0.2) is 4.39 Å². The van der Waals surface area contributed by atoms with Gasteiger partial charge in [-0.05, 0) is 17.7 Å². The number of aromatic amines is 1. The van der Waals surface area contributed by atoms with Gasteiger partial charge in [0.1, 0.15) is 16.1 Å². The number of thioether (sulfide) groups is 1. The minimum absolute atomic E-state index is 0.353. The smallest absolute Gasteiger partial charge is 0.323 e. The molecule has 0 fully saturated rings. The fourth-order valence-electron chi connectivity index (χ4n) is 1.37. The third kappa shape index (κ3) is 2.86. The van der Waals surface area contributed by atoms with E-state index >= 15 is 0 Å². The Kier molecular flexibility index (Phi) is 3.93. The van der Waals surface area contributed by atoms with E-state index < -0.39 is 11.2 Å². The first-order chi connectivity index (χ1) is 8.70. The number of H-pyrrole nitrogens is 1. The predicted molar refractivity (Wildman–Crippen MR) is 63.4 cm³/mol. The van der Waals surface area contributed by atoms with Crippen LogP contribution in [0.1, 0.15) is 10.8 Å². The van der Waals surface area contributed by atoms with Gasteiger partial charge < -0.3 is 4.74 Å². The lowest BCUT2D eigenvalue weighted by Gasteiger charge is -2.12. The van der Waals surface area contributed by atoms with Crippen LogP contribution in [0, 0.1) is 5.82 Å². The second-order valence-electron chi connectivity index (χ2n) is 3.38. The SMILES string of the molecule is COC(=O)[C@@H](Sc1cn[nH]n1)c1ccc(F)cc1. The summed E-state index contributed by atoms with van der Waals surface area (Å²) in [4.78, 5) is 11.7. The Balaban J connectivity index is 2.25. The Bertz CT molecular complexity index is 516. The van der Waals surface area contributed by atoms with E-state index in [4.69, 9.17) is 4.74 Å². The maximum Gasteiger partial charge on any atom is 0.323 e. The van der Waals surface area contributed by atoms with Crippen molar-refractivity contribution >= 4 is 17.7 Å². The van der Waals surface area contributed by atoms with Gasteiger partial charge in [-0.2, -0.15) is 10.3 Å². The summed E-state index contributed by atoms with van der Waals surface area (Å²) in [7, 11) is 1.31. The summed E-state index contributed by atoms with van der Waals surface area (Å²) in [5.74, 6) is -0.775. The standard InChI is InChI=1S/C11H10FN3O2S/c1-17-11(16)10(18-9-6-13-15-14-9)7-2-4-8(12)5-3-7/h2-6,10H,1H3,(H,13,14,15)/t10-/m0/s1. The second-order valence-corrected chi connectivity index (χ2v) is 4.51. The highest BCUT2D eigenvalue weighted by Crippen LogP contribution is 2.34. The van der Waals surface area contributed by atoms with Crippen LogP contribution in [-0.2, 0) is 9.53 Å². The molecule has 1 atom stereocenters. The van der Waals surface area contributed by atoms with E-state index in [2.05, 4.69) is 15.4 Å². The van der Waals surface area contributed by atoms with Crippen molar-refractivity contribution in [1.82, 2.24) is 15.4 Å². The van der Waals surface area contributed by atoms with E-state index in [0.29, 0.717) is 10.6 Å². The topological polar surface area (TPSA) is 67.9 Å². The molecule has 1 aromatic carbocycles. The number of benzene rings is 1. The summed E-state index contributed by atoms with van der Waals surface area (Å²) in [5, 5.41) is 9.95. The Morgan fingerprint density at radius 3 is 2.72 bits per heavy atom. The van der Waals surface area contributed by atoms with E-state index in [1.54, 1.807) is 12.1 Å². The van der Waals surface area contributed by atoms with E-state index in [-0.39, 0.29) is 5.82 Å². The van der Waals surface area contributed by atoms with E-state index in [1.165, 1.54) is 37.2 Å². The van der Waals surface area contributed by atoms with Crippen LogP contribution in [0.5, 0.6) is 0 Å². The summed E-state index contributed by atoms with van der Waals surface area (Å²) in [6.45, 7) is 0. The zero-order valence-corrected chi connectivity index (χ0v) is 10.3. The van der Waals surface area contributed by atoms with Gasteiger partial charge in [0.2, 0.25) is 0 Å². The van der Waals surface area contributed by atoms with Gasteiger partial charge >= 0.3 is 5.97 Å². The largest absolute Gasteiger partial charge is 0.468 e. The van der Waals surface area contributed by atoms with Gasteiger partial charge in [0.25, 0.3) is 0 Å². The molecule has 0 saturated carbocycles. The molecule has 0 radical (unpaired) electrons. The molecule has 94 valence electrons. The number of hydrogen-bond donors (Lipinski definition) is 1. The van der Waals surface area contributed by atoms with Gasteiger partial charge in [-0.15, -0.1) is 5.10 Å². The average molecular weight is 267 g/mol. The molecular formula is C11H10FN3O2S. The first kappa shape index (κ1) is 12.6. The molecule has 2 rings (SSSR count). The number of halogens is 1. The van der Waals surface area contributed by atoms with Crippen LogP contribution in [0.4, 0.5) is 4.39 Å². The molecule has 0 bridgehead atoms. The van der Waals surface area contributed by atoms with Crippen molar-refractivity contribution in [2.24, 2.45) is 0 Å². The Morgan fingerprint density at radius 2 is 2.17 bits per heavy atom. The zero-order valence-electron chi connectivity index (χ0n) is 9.46. The summed E-state index contributed by atoms with van der Waals surface area (Å²) in [5.41, 5.74) is 0.649. The van der Waals surface area contributed by atoms with Crippen molar-refractivity contribution in [3.63, 3.8) is 0 Å². The van der Waals surface area contributed by atoms with Crippen LogP contribution in [0.15, 0.2) is 35.5 Å². The molecule has 7 heteroatoms. The van der Waals surface area contributed by atoms with Gasteiger partial charge in [0, 0.05) is 0 Å².